The number of aliphatic hydroxyl groups excluding tert-OH is 1. The molecule has 0 saturated heterocycles. The molecule has 20 heavy (non-hydrogen) atoms. The van der Waals surface area contributed by atoms with Gasteiger partial charge in [0.2, 0.25) is 0 Å². The van der Waals surface area contributed by atoms with E-state index in [1.807, 2.05) is 24.3 Å². The summed E-state index contributed by atoms with van der Waals surface area (Å²) in [5.74, 6) is -0.934. The van der Waals surface area contributed by atoms with Crippen LogP contribution in [0.5, 0.6) is 0 Å². The third-order valence-electron chi connectivity index (χ3n) is 3.02. The Hall–Kier alpha value is -1.65. The summed E-state index contributed by atoms with van der Waals surface area (Å²) in [4.78, 5) is 12.7. The highest BCUT2D eigenvalue weighted by molar-refractivity contribution is 5.85. The smallest absolute Gasteiger partial charge is 0.328 e. The zero-order valence-corrected chi connectivity index (χ0v) is 12.0. The lowest BCUT2D eigenvalue weighted by atomic mass is 10.1. The van der Waals surface area contributed by atoms with Gasteiger partial charge in [0.25, 0.3) is 0 Å². The number of unbranched alkanes of at least 4 members (excludes halogenated alkanes) is 2. The topological polar surface area (TPSA) is 60.8 Å². The zero-order valence-electron chi connectivity index (χ0n) is 12.0. The zero-order chi connectivity index (χ0) is 14.8. The van der Waals surface area contributed by atoms with Crippen molar-refractivity contribution in [3.05, 3.63) is 41.5 Å². The van der Waals surface area contributed by atoms with E-state index in [4.69, 9.17) is 10.2 Å². The van der Waals surface area contributed by atoms with Crippen molar-refractivity contribution >= 4 is 12.0 Å². The maximum absolute atomic E-state index is 10.5. The molecule has 0 fully saturated rings. The highest BCUT2D eigenvalue weighted by Crippen LogP contribution is 2.10. The number of aliphatic hydroxyl groups is 1. The monoisotopic (exact) mass is 277 g/mol. The minimum atomic E-state index is -0.934. The molecule has 0 saturated carbocycles. The van der Waals surface area contributed by atoms with E-state index in [0.717, 1.165) is 44.0 Å². The van der Waals surface area contributed by atoms with Crippen LogP contribution in [0.3, 0.4) is 0 Å². The second kappa shape index (κ2) is 9.28. The van der Waals surface area contributed by atoms with Gasteiger partial charge in [-0.1, -0.05) is 24.3 Å². The van der Waals surface area contributed by atoms with Gasteiger partial charge < -0.3 is 15.1 Å². The Balaban J connectivity index is 2.46. The molecule has 110 valence electrons. The van der Waals surface area contributed by atoms with Crippen LogP contribution in [0.1, 0.15) is 30.4 Å². The van der Waals surface area contributed by atoms with E-state index in [1.165, 1.54) is 5.56 Å². The van der Waals surface area contributed by atoms with Crippen LogP contribution in [-0.2, 0) is 11.3 Å². The molecule has 0 bridgehead atoms. The first kappa shape index (κ1) is 16.4. The van der Waals surface area contributed by atoms with Crippen LogP contribution in [0.4, 0.5) is 0 Å². The maximum atomic E-state index is 10.5. The summed E-state index contributed by atoms with van der Waals surface area (Å²) in [7, 11) is 2.07. The maximum Gasteiger partial charge on any atom is 0.328 e. The second-order valence-electron chi connectivity index (χ2n) is 4.94. The molecular formula is C16H23NO3. The van der Waals surface area contributed by atoms with Crippen molar-refractivity contribution < 1.29 is 15.0 Å². The Morgan fingerprint density at radius 1 is 1.30 bits per heavy atom. The molecule has 0 aliphatic heterocycles. The first-order valence-corrected chi connectivity index (χ1v) is 6.91. The summed E-state index contributed by atoms with van der Waals surface area (Å²) in [5.41, 5.74) is 2.07. The van der Waals surface area contributed by atoms with E-state index < -0.39 is 5.97 Å². The first-order chi connectivity index (χ1) is 9.61. The minimum Gasteiger partial charge on any atom is -0.478 e. The fraction of sp³-hybridized carbons (Fsp3) is 0.438. The number of hydrogen-bond donors (Lipinski definition) is 2. The van der Waals surface area contributed by atoms with Crippen LogP contribution in [0.2, 0.25) is 0 Å². The number of carboxylic acids is 1. The molecule has 0 amide bonds. The van der Waals surface area contributed by atoms with Gasteiger partial charge in [-0.3, -0.25) is 0 Å². The molecule has 0 atom stereocenters. The summed E-state index contributed by atoms with van der Waals surface area (Å²) in [6.45, 7) is 2.10. The molecule has 0 aliphatic carbocycles. The molecule has 1 rings (SSSR count). The number of benzene rings is 1. The van der Waals surface area contributed by atoms with Crippen LogP contribution in [0, 0.1) is 0 Å². The molecule has 4 nitrogen and oxygen atoms in total. The SMILES string of the molecule is CN(CCCCCO)Cc1cccc(/C=C/C(=O)O)c1. The lowest BCUT2D eigenvalue weighted by Gasteiger charge is -2.16. The average molecular weight is 277 g/mol. The van der Waals surface area contributed by atoms with Crippen LogP contribution in [-0.4, -0.2) is 41.3 Å². The molecular weight excluding hydrogens is 254 g/mol. The Morgan fingerprint density at radius 2 is 2.10 bits per heavy atom. The van der Waals surface area contributed by atoms with Crippen LogP contribution >= 0.6 is 0 Å². The third-order valence-corrected chi connectivity index (χ3v) is 3.02. The van der Waals surface area contributed by atoms with Crippen LogP contribution < -0.4 is 0 Å². The number of rotatable bonds is 9. The molecule has 0 radical (unpaired) electrons. The molecule has 0 aliphatic rings. The Labute approximate surface area is 120 Å². The molecule has 0 heterocycles. The van der Waals surface area contributed by atoms with Gasteiger partial charge in [0.05, 0.1) is 0 Å². The molecule has 1 aromatic carbocycles. The normalized spacial score (nSPS) is 11.3. The first-order valence-electron chi connectivity index (χ1n) is 6.91. The van der Waals surface area contributed by atoms with Gasteiger partial charge in [0.1, 0.15) is 0 Å². The Bertz CT molecular complexity index is 443. The molecule has 0 aromatic heterocycles. The number of carbonyl (C=O) groups is 1. The van der Waals surface area contributed by atoms with Gasteiger partial charge >= 0.3 is 5.97 Å². The fourth-order valence-corrected chi connectivity index (χ4v) is 2.02. The number of aliphatic carboxylic acids is 1. The molecule has 2 N–H and O–H groups in total. The van der Waals surface area contributed by atoms with Crippen molar-refractivity contribution in [1.29, 1.82) is 0 Å². The fourth-order valence-electron chi connectivity index (χ4n) is 2.02. The van der Waals surface area contributed by atoms with Crippen molar-refractivity contribution in [3.63, 3.8) is 0 Å². The van der Waals surface area contributed by atoms with Gasteiger partial charge in [0, 0.05) is 19.2 Å². The van der Waals surface area contributed by atoms with Crippen molar-refractivity contribution in [2.24, 2.45) is 0 Å². The predicted molar refractivity (Wildman–Crippen MR) is 80.4 cm³/mol. The van der Waals surface area contributed by atoms with E-state index in [0.29, 0.717) is 0 Å². The van der Waals surface area contributed by atoms with E-state index in [9.17, 15) is 4.79 Å². The number of carboxylic acid groups (broad SMARTS) is 1. The van der Waals surface area contributed by atoms with Crippen molar-refractivity contribution in [3.8, 4) is 0 Å². The van der Waals surface area contributed by atoms with Crippen molar-refractivity contribution in [1.82, 2.24) is 4.90 Å². The van der Waals surface area contributed by atoms with E-state index in [-0.39, 0.29) is 6.61 Å². The quantitative estimate of drug-likeness (QED) is 0.537. The second-order valence-corrected chi connectivity index (χ2v) is 4.94. The van der Waals surface area contributed by atoms with Crippen molar-refractivity contribution in [2.75, 3.05) is 20.2 Å². The summed E-state index contributed by atoms with van der Waals surface area (Å²) in [6.07, 6.45) is 5.74. The van der Waals surface area contributed by atoms with E-state index in [2.05, 4.69) is 11.9 Å². The van der Waals surface area contributed by atoms with Gasteiger partial charge in [-0.2, -0.15) is 0 Å². The highest BCUT2D eigenvalue weighted by Gasteiger charge is 2.01. The Morgan fingerprint density at radius 3 is 2.80 bits per heavy atom. The van der Waals surface area contributed by atoms with Gasteiger partial charge in [-0.15, -0.1) is 0 Å². The molecule has 1 aromatic rings. The predicted octanol–water partition coefficient (Wildman–Crippen LogP) is 2.38. The summed E-state index contributed by atoms with van der Waals surface area (Å²) >= 11 is 0. The lowest BCUT2D eigenvalue weighted by Crippen LogP contribution is -2.19. The summed E-state index contributed by atoms with van der Waals surface area (Å²) < 4.78 is 0. The molecule has 4 heteroatoms. The van der Waals surface area contributed by atoms with E-state index >= 15 is 0 Å². The minimum absolute atomic E-state index is 0.266. The largest absolute Gasteiger partial charge is 0.478 e. The standard InChI is InChI=1S/C16H23NO3/c1-17(10-3-2-4-11-18)13-15-7-5-6-14(12-15)8-9-16(19)20/h5-9,12,18H,2-4,10-11,13H2,1H3,(H,19,20)/b9-8+. The molecule has 0 unspecified atom stereocenters. The summed E-state index contributed by atoms with van der Waals surface area (Å²) in [5, 5.41) is 17.3. The summed E-state index contributed by atoms with van der Waals surface area (Å²) in [6, 6.07) is 7.88. The third kappa shape index (κ3) is 7.07. The number of nitrogens with zero attached hydrogens (tertiary/aromatic N) is 1. The average Bonchev–Trinajstić information content (AvgIpc) is 2.42. The molecule has 0 spiro atoms. The van der Waals surface area contributed by atoms with Gasteiger partial charge in [-0.25, -0.2) is 4.79 Å². The van der Waals surface area contributed by atoms with Crippen molar-refractivity contribution in [2.45, 2.75) is 25.8 Å². The van der Waals surface area contributed by atoms with Crippen LogP contribution in [0.25, 0.3) is 6.08 Å². The van der Waals surface area contributed by atoms with Gasteiger partial charge in [-0.05, 0) is 50.1 Å². The van der Waals surface area contributed by atoms with Crippen LogP contribution in [0.15, 0.2) is 30.3 Å². The number of hydrogen-bond acceptors (Lipinski definition) is 3. The Kier molecular flexibility index (Phi) is 7.62. The van der Waals surface area contributed by atoms with Gasteiger partial charge in [0.15, 0.2) is 0 Å². The highest BCUT2D eigenvalue weighted by atomic mass is 16.4. The lowest BCUT2D eigenvalue weighted by molar-refractivity contribution is -0.131. The van der Waals surface area contributed by atoms with E-state index in [1.54, 1.807) is 6.08 Å².